The Morgan fingerprint density at radius 1 is 1.31 bits per heavy atom. The molecule has 1 atom stereocenters. The Morgan fingerprint density at radius 3 is 2.23 bits per heavy atom. The Kier molecular flexibility index (Phi) is 3.74. The molecule has 1 unspecified atom stereocenters. The normalized spacial score (nSPS) is 24.0. The Labute approximate surface area is 81.9 Å². The van der Waals surface area contributed by atoms with Crippen LogP contribution in [0.2, 0.25) is 0 Å². The summed E-state index contributed by atoms with van der Waals surface area (Å²) in [5.74, 6) is 0. The second kappa shape index (κ2) is 4.43. The number of hydrogen-bond donors (Lipinski definition) is 1. The molecule has 2 nitrogen and oxygen atoms in total. The quantitative estimate of drug-likeness (QED) is 0.707. The van der Waals surface area contributed by atoms with Crippen LogP contribution in [0.4, 0.5) is 0 Å². The van der Waals surface area contributed by atoms with E-state index in [1.165, 1.54) is 25.9 Å². The smallest absolute Gasteiger partial charge is 0.0524 e. The molecular weight excluding hydrogens is 162 g/mol. The Morgan fingerprint density at radius 2 is 1.85 bits per heavy atom. The third kappa shape index (κ3) is 2.68. The Balaban J connectivity index is 2.16. The third-order valence-corrected chi connectivity index (χ3v) is 3.48. The summed E-state index contributed by atoms with van der Waals surface area (Å²) in [6.45, 7) is 10.00. The highest BCUT2D eigenvalue weighted by atomic mass is 16.3. The second-order valence-electron chi connectivity index (χ2n) is 4.56. The SMILES string of the molecule is CCC1(CC)CN(CCC(C)O)C1. The van der Waals surface area contributed by atoms with E-state index >= 15 is 0 Å². The standard InChI is InChI=1S/C11H23NO/c1-4-11(5-2)8-12(9-11)7-6-10(3)13/h10,13H,4-9H2,1-3H3. The first-order valence-electron chi connectivity index (χ1n) is 5.52. The van der Waals surface area contributed by atoms with Gasteiger partial charge in [-0.25, -0.2) is 0 Å². The minimum absolute atomic E-state index is 0.141. The van der Waals surface area contributed by atoms with Crippen LogP contribution < -0.4 is 0 Å². The van der Waals surface area contributed by atoms with Gasteiger partial charge in [0.2, 0.25) is 0 Å². The maximum absolute atomic E-state index is 9.14. The third-order valence-electron chi connectivity index (χ3n) is 3.48. The fraction of sp³-hybridized carbons (Fsp3) is 1.00. The summed E-state index contributed by atoms with van der Waals surface area (Å²) in [5, 5.41) is 9.14. The molecule has 0 spiro atoms. The van der Waals surface area contributed by atoms with E-state index in [9.17, 15) is 0 Å². The summed E-state index contributed by atoms with van der Waals surface area (Å²) < 4.78 is 0. The first-order valence-corrected chi connectivity index (χ1v) is 5.52. The van der Waals surface area contributed by atoms with Crippen molar-refractivity contribution >= 4 is 0 Å². The summed E-state index contributed by atoms with van der Waals surface area (Å²) in [5.41, 5.74) is 0.610. The van der Waals surface area contributed by atoms with E-state index in [1.807, 2.05) is 6.92 Å². The van der Waals surface area contributed by atoms with E-state index in [-0.39, 0.29) is 6.10 Å². The molecule has 13 heavy (non-hydrogen) atoms. The van der Waals surface area contributed by atoms with Gasteiger partial charge in [0.25, 0.3) is 0 Å². The maximum atomic E-state index is 9.14. The van der Waals surface area contributed by atoms with Crippen molar-refractivity contribution in [3.63, 3.8) is 0 Å². The van der Waals surface area contributed by atoms with E-state index in [2.05, 4.69) is 18.7 Å². The van der Waals surface area contributed by atoms with Crippen LogP contribution in [0.15, 0.2) is 0 Å². The molecule has 0 aromatic heterocycles. The number of aliphatic hydroxyl groups excluding tert-OH is 1. The zero-order valence-electron chi connectivity index (χ0n) is 9.21. The minimum atomic E-state index is -0.141. The average Bonchev–Trinajstić information content (AvgIpc) is 2.03. The van der Waals surface area contributed by atoms with Gasteiger partial charge in [0.05, 0.1) is 6.10 Å². The van der Waals surface area contributed by atoms with Gasteiger partial charge in [-0.3, -0.25) is 0 Å². The van der Waals surface area contributed by atoms with E-state index < -0.39 is 0 Å². The van der Waals surface area contributed by atoms with Crippen LogP contribution in [0.3, 0.4) is 0 Å². The van der Waals surface area contributed by atoms with E-state index in [0.29, 0.717) is 5.41 Å². The molecule has 0 aromatic carbocycles. The first kappa shape index (κ1) is 11.0. The van der Waals surface area contributed by atoms with Crippen molar-refractivity contribution in [2.24, 2.45) is 5.41 Å². The van der Waals surface area contributed by atoms with Gasteiger partial charge in [0.1, 0.15) is 0 Å². The zero-order chi connectivity index (χ0) is 9.90. The molecule has 0 saturated carbocycles. The highest BCUT2D eigenvalue weighted by molar-refractivity contribution is 4.92. The van der Waals surface area contributed by atoms with Crippen molar-refractivity contribution in [2.75, 3.05) is 19.6 Å². The fourth-order valence-electron chi connectivity index (χ4n) is 2.13. The predicted molar refractivity (Wildman–Crippen MR) is 55.8 cm³/mol. The van der Waals surface area contributed by atoms with Crippen LogP contribution in [0.25, 0.3) is 0 Å². The maximum Gasteiger partial charge on any atom is 0.0524 e. The summed E-state index contributed by atoms with van der Waals surface area (Å²) in [4.78, 5) is 2.46. The predicted octanol–water partition coefficient (Wildman–Crippen LogP) is 1.88. The molecule has 1 N–H and O–H groups in total. The molecule has 1 heterocycles. The number of rotatable bonds is 5. The lowest BCUT2D eigenvalue weighted by molar-refractivity contribution is -0.0131. The van der Waals surface area contributed by atoms with Gasteiger partial charge in [-0.2, -0.15) is 0 Å². The summed E-state index contributed by atoms with van der Waals surface area (Å²) in [6.07, 6.45) is 3.38. The molecule has 2 heteroatoms. The number of nitrogens with zero attached hydrogens (tertiary/aromatic N) is 1. The minimum Gasteiger partial charge on any atom is -0.393 e. The highest BCUT2D eigenvalue weighted by Gasteiger charge is 2.39. The molecular formula is C11H23NO. The molecule has 0 radical (unpaired) electrons. The van der Waals surface area contributed by atoms with E-state index in [4.69, 9.17) is 5.11 Å². The molecule has 1 rings (SSSR count). The van der Waals surface area contributed by atoms with Crippen molar-refractivity contribution in [3.05, 3.63) is 0 Å². The van der Waals surface area contributed by atoms with Crippen LogP contribution in [0.5, 0.6) is 0 Å². The largest absolute Gasteiger partial charge is 0.393 e. The molecule has 0 amide bonds. The summed E-state index contributed by atoms with van der Waals surface area (Å²) >= 11 is 0. The molecule has 1 aliphatic rings. The van der Waals surface area contributed by atoms with Crippen molar-refractivity contribution in [2.45, 2.75) is 46.1 Å². The monoisotopic (exact) mass is 185 g/mol. The van der Waals surface area contributed by atoms with Crippen molar-refractivity contribution in [1.82, 2.24) is 4.90 Å². The van der Waals surface area contributed by atoms with E-state index in [1.54, 1.807) is 0 Å². The molecule has 1 aliphatic heterocycles. The van der Waals surface area contributed by atoms with Gasteiger partial charge >= 0.3 is 0 Å². The van der Waals surface area contributed by atoms with Gasteiger partial charge in [0, 0.05) is 19.6 Å². The Bertz CT molecular complexity index is 144. The Hall–Kier alpha value is -0.0800. The summed E-state index contributed by atoms with van der Waals surface area (Å²) in [7, 11) is 0. The molecule has 0 aliphatic carbocycles. The van der Waals surface area contributed by atoms with Gasteiger partial charge < -0.3 is 10.0 Å². The molecule has 1 saturated heterocycles. The molecule has 0 aromatic rings. The summed E-state index contributed by atoms with van der Waals surface area (Å²) in [6, 6.07) is 0. The lowest BCUT2D eigenvalue weighted by Gasteiger charge is -2.50. The van der Waals surface area contributed by atoms with Gasteiger partial charge in [-0.05, 0) is 31.6 Å². The molecule has 0 bridgehead atoms. The van der Waals surface area contributed by atoms with Gasteiger partial charge in [-0.15, -0.1) is 0 Å². The number of likely N-dealkylation sites (tertiary alicyclic amines) is 1. The fourth-order valence-corrected chi connectivity index (χ4v) is 2.13. The molecule has 1 fully saturated rings. The lowest BCUT2D eigenvalue weighted by atomic mass is 9.75. The average molecular weight is 185 g/mol. The second-order valence-corrected chi connectivity index (χ2v) is 4.56. The van der Waals surface area contributed by atoms with Crippen LogP contribution >= 0.6 is 0 Å². The lowest BCUT2D eigenvalue weighted by Crippen LogP contribution is -2.55. The zero-order valence-corrected chi connectivity index (χ0v) is 9.21. The van der Waals surface area contributed by atoms with Crippen LogP contribution in [0, 0.1) is 5.41 Å². The van der Waals surface area contributed by atoms with Gasteiger partial charge in [0.15, 0.2) is 0 Å². The molecule has 78 valence electrons. The van der Waals surface area contributed by atoms with Crippen LogP contribution in [-0.2, 0) is 0 Å². The number of hydrogen-bond acceptors (Lipinski definition) is 2. The topological polar surface area (TPSA) is 23.5 Å². The van der Waals surface area contributed by atoms with Crippen molar-refractivity contribution in [3.8, 4) is 0 Å². The van der Waals surface area contributed by atoms with Crippen molar-refractivity contribution < 1.29 is 5.11 Å². The number of aliphatic hydroxyl groups is 1. The van der Waals surface area contributed by atoms with Crippen LogP contribution in [0.1, 0.15) is 40.0 Å². The highest BCUT2D eigenvalue weighted by Crippen LogP contribution is 2.36. The van der Waals surface area contributed by atoms with Gasteiger partial charge in [-0.1, -0.05) is 13.8 Å². The van der Waals surface area contributed by atoms with Crippen LogP contribution in [-0.4, -0.2) is 35.7 Å². The van der Waals surface area contributed by atoms with E-state index in [0.717, 1.165) is 13.0 Å². The van der Waals surface area contributed by atoms with Crippen molar-refractivity contribution in [1.29, 1.82) is 0 Å². The first-order chi connectivity index (χ1) is 6.12.